The van der Waals surface area contributed by atoms with Gasteiger partial charge in [0.1, 0.15) is 5.82 Å². The Hall–Kier alpha value is -2.40. The number of hydrogen-bond donors (Lipinski definition) is 1. The van der Waals surface area contributed by atoms with Crippen molar-refractivity contribution in [2.24, 2.45) is 0 Å². The summed E-state index contributed by atoms with van der Waals surface area (Å²) in [5.74, 6) is 2.06. The molecule has 2 bridgehead atoms. The lowest BCUT2D eigenvalue weighted by Crippen LogP contribution is -2.41. The van der Waals surface area contributed by atoms with Gasteiger partial charge in [-0.3, -0.25) is 4.79 Å². The number of amides is 1. The van der Waals surface area contributed by atoms with Gasteiger partial charge in [-0.2, -0.15) is 0 Å². The van der Waals surface area contributed by atoms with E-state index in [4.69, 9.17) is 9.72 Å². The molecule has 2 aromatic rings. The topological polar surface area (TPSA) is 54.5 Å². The maximum absolute atomic E-state index is 13.3. The fraction of sp³-hybridized carbons (Fsp3) is 0.478. The first-order valence-corrected chi connectivity index (χ1v) is 10.4. The van der Waals surface area contributed by atoms with Gasteiger partial charge in [0.15, 0.2) is 0 Å². The number of anilines is 2. The summed E-state index contributed by atoms with van der Waals surface area (Å²) >= 11 is 0. The maximum Gasteiger partial charge on any atom is 0.255 e. The number of carbonyl (C=O) groups is 1. The molecular weight excluding hydrogens is 350 g/mol. The number of fused-ring (bicyclic) bond motifs is 2. The largest absolute Gasteiger partial charge is 0.378 e. The third-order valence-corrected chi connectivity index (χ3v) is 6.51. The molecule has 1 amide bonds. The molecule has 146 valence electrons. The Morgan fingerprint density at radius 2 is 1.82 bits per heavy atom. The molecule has 0 unspecified atom stereocenters. The van der Waals surface area contributed by atoms with Gasteiger partial charge in [0, 0.05) is 30.5 Å². The van der Waals surface area contributed by atoms with E-state index in [0.29, 0.717) is 38.1 Å². The molecule has 1 aromatic heterocycles. The Morgan fingerprint density at radius 1 is 1.11 bits per heavy atom. The zero-order valence-corrected chi connectivity index (χ0v) is 16.4. The van der Waals surface area contributed by atoms with Crippen molar-refractivity contribution in [3.8, 4) is 0 Å². The molecule has 1 saturated heterocycles. The third-order valence-electron chi connectivity index (χ3n) is 6.51. The van der Waals surface area contributed by atoms with E-state index in [0.717, 1.165) is 17.1 Å². The third kappa shape index (κ3) is 3.08. The Labute approximate surface area is 166 Å². The van der Waals surface area contributed by atoms with Gasteiger partial charge in [-0.05, 0) is 67.7 Å². The second-order valence-electron chi connectivity index (χ2n) is 8.30. The van der Waals surface area contributed by atoms with E-state index in [1.807, 2.05) is 11.1 Å². The lowest BCUT2D eigenvalue weighted by molar-refractivity contribution is 0.0301. The molecule has 2 heterocycles. The van der Waals surface area contributed by atoms with Crippen molar-refractivity contribution in [2.45, 2.75) is 44.4 Å². The van der Waals surface area contributed by atoms with Crippen molar-refractivity contribution in [1.29, 1.82) is 0 Å². The van der Waals surface area contributed by atoms with Crippen molar-refractivity contribution in [2.75, 3.05) is 31.6 Å². The van der Waals surface area contributed by atoms with Crippen LogP contribution in [0.4, 0.5) is 11.5 Å². The quantitative estimate of drug-likeness (QED) is 0.863. The molecule has 6 rings (SSSR count). The van der Waals surface area contributed by atoms with Gasteiger partial charge in [-0.15, -0.1) is 0 Å². The van der Waals surface area contributed by atoms with E-state index < -0.39 is 0 Å². The van der Waals surface area contributed by atoms with Crippen LogP contribution in [0.3, 0.4) is 0 Å². The number of aryl methyl sites for hydroxylation is 1. The number of nitrogens with zero attached hydrogens (tertiary/aromatic N) is 2. The van der Waals surface area contributed by atoms with Crippen molar-refractivity contribution < 1.29 is 9.53 Å². The van der Waals surface area contributed by atoms with Gasteiger partial charge >= 0.3 is 0 Å². The van der Waals surface area contributed by atoms with Crippen LogP contribution in [0.5, 0.6) is 0 Å². The van der Waals surface area contributed by atoms with E-state index in [-0.39, 0.29) is 5.91 Å². The number of morpholine rings is 1. The minimum absolute atomic E-state index is 0.127. The number of ether oxygens (including phenoxy) is 1. The lowest BCUT2D eigenvalue weighted by Gasteiger charge is -2.40. The highest BCUT2D eigenvalue weighted by molar-refractivity contribution is 5.97. The van der Waals surface area contributed by atoms with Crippen LogP contribution in [0.15, 0.2) is 30.5 Å². The SMILES string of the molecule is Cc1cccc(Nc2ncc(C(=O)N3CCOCC3)c3c2C2CCC3CC2)c1. The van der Waals surface area contributed by atoms with Crippen molar-refractivity contribution in [1.82, 2.24) is 9.88 Å². The summed E-state index contributed by atoms with van der Waals surface area (Å²) in [6.45, 7) is 4.69. The normalized spacial score (nSPS) is 23.4. The van der Waals surface area contributed by atoms with Gasteiger partial charge in [-0.25, -0.2) is 4.98 Å². The molecule has 1 saturated carbocycles. The Balaban J connectivity index is 1.55. The standard InChI is InChI=1S/C23H27N3O2/c1-15-3-2-4-18(13-15)25-22-21-17-7-5-16(6-8-17)20(21)19(14-24-22)23(27)26-9-11-28-12-10-26/h2-4,13-14,16-17H,5-12H2,1H3,(H,24,25). The molecule has 2 fully saturated rings. The van der Waals surface area contributed by atoms with Crippen LogP contribution >= 0.6 is 0 Å². The molecule has 0 spiro atoms. The zero-order valence-electron chi connectivity index (χ0n) is 16.4. The van der Waals surface area contributed by atoms with E-state index in [1.165, 1.54) is 42.4 Å². The summed E-state index contributed by atoms with van der Waals surface area (Å²) < 4.78 is 5.42. The summed E-state index contributed by atoms with van der Waals surface area (Å²) in [7, 11) is 0. The number of rotatable bonds is 3. The monoisotopic (exact) mass is 377 g/mol. The van der Waals surface area contributed by atoms with Crippen LogP contribution in [0.2, 0.25) is 0 Å². The molecule has 5 nitrogen and oxygen atoms in total. The molecule has 0 radical (unpaired) electrons. The molecular formula is C23H27N3O2. The Morgan fingerprint density at radius 3 is 2.54 bits per heavy atom. The lowest BCUT2D eigenvalue weighted by atomic mass is 9.66. The smallest absolute Gasteiger partial charge is 0.255 e. The summed E-state index contributed by atoms with van der Waals surface area (Å²) in [4.78, 5) is 20.0. The molecule has 5 heteroatoms. The van der Waals surface area contributed by atoms with Gasteiger partial charge in [0.25, 0.3) is 5.91 Å². The molecule has 3 aliphatic carbocycles. The second-order valence-corrected chi connectivity index (χ2v) is 8.30. The molecule has 1 aromatic carbocycles. The van der Waals surface area contributed by atoms with Crippen LogP contribution in [0.25, 0.3) is 0 Å². The van der Waals surface area contributed by atoms with Gasteiger partial charge < -0.3 is 15.0 Å². The minimum atomic E-state index is 0.127. The number of aromatic nitrogens is 1. The highest BCUT2D eigenvalue weighted by Gasteiger charge is 2.39. The predicted molar refractivity (Wildman–Crippen MR) is 109 cm³/mol. The van der Waals surface area contributed by atoms with Crippen LogP contribution in [0.1, 0.15) is 64.6 Å². The minimum Gasteiger partial charge on any atom is -0.378 e. The fourth-order valence-electron chi connectivity index (χ4n) is 5.13. The Kier molecular flexibility index (Phi) is 4.55. The predicted octanol–water partition coefficient (Wildman–Crippen LogP) is 4.36. The number of hydrogen-bond acceptors (Lipinski definition) is 4. The second kappa shape index (κ2) is 7.21. The molecule has 1 aliphatic heterocycles. The number of pyridine rings is 1. The Bertz CT molecular complexity index is 897. The number of carbonyl (C=O) groups excluding carboxylic acids is 1. The first-order chi connectivity index (χ1) is 13.7. The summed E-state index contributed by atoms with van der Waals surface area (Å²) in [6, 6.07) is 8.38. The van der Waals surface area contributed by atoms with E-state index in [2.05, 4.69) is 36.5 Å². The highest BCUT2D eigenvalue weighted by atomic mass is 16.5. The van der Waals surface area contributed by atoms with E-state index in [9.17, 15) is 4.79 Å². The molecule has 1 N–H and O–H groups in total. The van der Waals surface area contributed by atoms with Gasteiger partial charge in [0.2, 0.25) is 0 Å². The van der Waals surface area contributed by atoms with Crippen LogP contribution < -0.4 is 5.32 Å². The van der Waals surface area contributed by atoms with Crippen LogP contribution in [0, 0.1) is 6.92 Å². The summed E-state index contributed by atoms with van der Waals surface area (Å²) in [6.07, 6.45) is 6.60. The van der Waals surface area contributed by atoms with E-state index in [1.54, 1.807) is 0 Å². The fourth-order valence-corrected chi connectivity index (χ4v) is 5.13. The van der Waals surface area contributed by atoms with Crippen molar-refractivity contribution in [3.05, 3.63) is 52.7 Å². The number of benzene rings is 1. The molecule has 28 heavy (non-hydrogen) atoms. The van der Waals surface area contributed by atoms with Gasteiger partial charge in [0.05, 0.1) is 18.8 Å². The first-order valence-electron chi connectivity index (χ1n) is 10.4. The summed E-state index contributed by atoms with van der Waals surface area (Å²) in [5, 5.41) is 3.55. The maximum atomic E-state index is 13.3. The van der Waals surface area contributed by atoms with Gasteiger partial charge in [-0.1, -0.05) is 12.1 Å². The average molecular weight is 377 g/mol. The van der Waals surface area contributed by atoms with E-state index >= 15 is 0 Å². The van der Waals surface area contributed by atoms with Crippen LogP contribution in [-0.4, -0.2) is 42.1 Å². The average Bonchev–Trinajstić information content (AvgIpc) is 2.75. The van der Waals surface area contributed by atoms with Crippen molar-refractivity contribution in [3.63, 3.8) is 0 Å². The van der Waals surface area contributed by atoms with Crippen LogP contribution in [-0.2, 0) is 4.74 Å². The number of nitrogens with one attached hydrogen (secondary N) is 1. The summed E-state index contributed by atoms with van der Waals surface area (Å²) in [5.41, 5.74) is 5.66. The van der Waals surface area contributed by atoms with Crippen molar-refractivity contribution >= 4 is 17.4 Å². The highest BCUT2D eigenvalue weighted by Crippen LogP contribution is 2.52. The first kappa shape index (κ1) is 17.7. The molecule has 0 atom stereocenters. The molecule has 4 aliphatic rings. The zero-order chi connectivity index (χ0) is 19.1.